The van der Waals surface area contributed by atoms with Gasteiger partial charge in [-0.05, 0) is 75.1 Å². The first-order chi connectivity index (χ1) is 16.7. The number of rotatable bonds is 5. The molecule has 35 heavy (non-hydrogen) atoms. The van der Waals surface area contributed by atoms with Gasteiger partial charge in [-0.1, -0.05) is 12.1 Å². The molecule has 6 unspecified atom stereocenters. The van der Waals surface area contributed by atoms with Crippen molar-refractivity contribution in [3.05, 3.63) is 69.1 Å². The molecule has 2 bridgehead atoms. The number of carbonyl (C=O) groups is 1. The predicted octanol–water partition coefficient (Wildman–Crippen LogP) is 3.39. The SMILES string of the molecule is Cc1cc(C(C)Nc2ccccc2C(=O)O)c2nc(N3CC4CC5CC4C3C5O)c(C)c(=O)n2c1. The fourth-order valence-corrected chi connectivity index (χ4v) is 6.85. The van der Waals surface area contributed by atoms with Gasteiger partial charge in [0.2, 0.25) is 0 Å². The molecule has 3 N–H and O–H groups in total. The Kier molecular flexibility index (Phi) is 4.93. The standard InChI is InChI=1S/C27H30N4O4/c1-13-8-19(15(3)28-21-7-5-4-6-18(21)27(34)35)25-29-24(14(2)26(33)31(25)11-13)30-12-17-9-16-10-20(17)22(30)23(16)32/h4-8,11,15-17,20,22-23,28,32H,9-10,12H2,1-3H3,(H,34,35). The van der Waals surface area contributed by atoms with Gasteiger partial charge in [0.05, 0.1) is 29.3 Å². The third-order valence-corrected chi connectivity index (χ3v) is 8.41. The van der Waals surface area contributed by atoms with Crippen LogP contribution < -0.4 is 15.8 Å². The van der Waals surface area contributed by atoms with Crippen LogP contribution >= 0.6 is 0 Å². The van der Waals surface area contributed by atoms with Crippen LogP contribution in [0.5, 0.6) is 0 Å². The zero-order valence-electron chi connectivity index (χ0n) is 20.1. The van der Waals surface area contributed by atoms with Crippen LogP contribution in [0.25, 0.3) is 5.65 Å². The first-order valence-corrected chi connectivity index (χ1v) is 12.3. The summed E-state index contributed by atoms with van der Waals surface area (Å²) in [6, 6.07) is 8.52. The molecular formula is C27H30N4O4. The molecule has 0 radical (unpaired) electrons. The molecule has 1 aromatic carbocycles. The van der Waals surface area contributed by atoms with Gasteiger partial charge in [-0.2, -0.15) is 0 Å². The van der Waals surface area contributed by atoms with E-state index >= 15 is 0 Å². The molecule has 0 amide bonds. The number of aromatic nitrogens is 2. The number of anilines is 2. The molecule has 8 nitrogen and oxygen atoms in total. The van der Waals surface area contributed by atoms with E-state index in [1.165, 1.54) is 0 Å². The fourth-order valence-electron chi connectivity index (χ4n) is 6.85. The number of aryl methyl sites for hydroxylation is 1. The van der Waals surface area contributed by atoms with Crippen molar-refractivity contribution in [2.24, 2.45) is 17.8 Å². The molecular weight excluding hydrogens is 444 g/mol. The summed E-state index contributed by atoms with van der Waals surface area (Å²) >= 11 is 0. The molecule has 2 saturated carbocycles. The van der Waals surface area contributed by atoms with Crippen molar-refractivity contribution in [2.75, 3.05) is 16.8 Å². The van der Waals surface area contributed by atoms with Gasteiger partial charge >= 0.3 is 5.97 Å². The first-order valence-electron chi connectivity index (χ1n) is 12.3. The molecule has 182 valence electrons. The number of carboxylic acids is 1. The number of para-hydroxylation sites is 1. The highest BCUT2D eigenvalue weighted by molar-refractivity contribution is 5.94. The highest BCUT2D eigenvalue weighted by Gasteiger charge is 2.59. The topological polar surface area (TPSA) is 107 Å². The smallest absolute Gasteiger partial charge is 0.337 e. The second kappa shape index (κ2) is 7.81. The summed E-state index contributed by atoms with van der Waals surface area (Å²) in [6.45, 7) is 6.53. The van der Waals surface area contributed by atoms with E-state index in [1.54, 1.807) is 34.9 Å². The molecule has 3 aromatic rings. The van der Waals surface area contributed by atoms with Crippen LogP contribution in [-0.4, -0.2) is 44.3 Å². The van der Waals surface area contributed by atoms with Crippen molar-refractivity contribution in [3.8, 4) is 0 Å². The van der Waals surface area contributed by atoms with E-state index in [0.29, 0.717) is 40.5 Å². The van der Waals surface area contributed by atoms with Gasteiger partial charge in [0, 0.05) is 24.0 Å². The number of aromatic carboxylic acids is 1. The average Bonchev–Trinajstić information content (AvgIpc) is 3.45. The molecule has 6 rings (SSSR count). The zero-order valence-corrected chi connectivity index (χ0v) is 20.1. The third-order valence-electron chi connectivity index (χ3n) is 8.41. The Morgan fingerprint density at radius 1 is 1.20 bits per heavy atom. The predicted molar refractivity (Wildman–Crippen MR) is 133 cm³/mol. The van der Waals surface area contributed by atoms with Crippen molar-refractivity contribution in [1.29, 1.82) is 0 Å². The fraction of sp³-hybridized carbons (Fsp3) is 0.444. The van der Waals surface area contributed by atoms with Gasteiger partial charge in [-0.3, -0.25) is 9.20 Å². The Morgan fingerprint density at radius 3 is 2.71 bits per heavy atom. The van der Waals surface area contributed by atoms with Gasteiger partial charge in [0.1, 0.15) is 11.5 Å². The minimum atomic E-state index is -1.00. The van der Waals surface area contributed by atoms with Crippen molar-refractivity contribution in [3.63, 3.8) is 0 Å². The first kappa shape index (κ1) is 22.1. The molecule has 3 fully saturated rings. The van der Waals surface area contributed by atoms with E-state index in [2.05, 4.69) is 10.2 Å². The number of aliphatic hydroxyl groups excluding tert-OH is 1. The number of fused-ring (bicyclic) bond motifs is 2. The number of aliphatic hydroxyl groups is 1. The summed E-state index contributed by atoms with van der Waals surface area (Å²) in [5.41, 5.74) is 3.46. The van der Waals surface area contributed by atoms with Crippen molar-refractivity contribution in [2.45, 2.75) is 51.8 Å². The van der Waals surface area contributed by atoms with E-state index < -0.39 is 5.97 Å². The Bertz CT molecular complexity index is 1410. The van der Waals surface area contributed by atoms with E-state index in [1.807, 2.05) is 26.8 Å². The number of nitrogens with zero attached hydrogens (tertiary/aromatic N) is 3. The minimum absolute atomic E-state index is 0.0266. The van der Waals surface area contributed by atoms with Crippen molar-refractivity contribution in [1.82, 2.24) is 9.38 Å². The Morgan fingerprint density at radius 2 is 1.97 bits per heavy atom. The molecule has 1 aliphatic heterocycles. The highest BCUT2D eigenvalue weighted by Crippen LogP contribution is 2.55. The highest BCUT2D eigenvalue weighted by atomic mass is 16.4. The lowest BCUT2D eigenvalue weighted by molar-refractivity contribution is 0.0698. The van der Waals surface area contributed by atoms with Crippen molar-refractivity contribution < 1.29 is 15.0 Å². The van der Waals surface area contributed by atoms with Crippen molar-refractivity contribution >= 4 is 23.1 Å². The summed E-state index contributed by atoms with van der Waals surface area (Å²) < 4.78 is 1.60. The Labute approximate surface area is 203 Å². The van der Waals surface area contributed by atoms with Crippen LogP contribution in [0.15, 0.2) is 41.3 Å². The van der Waals surface area contributed by atoms with Crippen LogP contribution in [0.3, 0.4) is 0 Å². The van der Waals surface area contributed by atoms with Gasteiger partial charge < -0.3 is 20.4 Å². The van der Waals surface area contributed by atoms with Gasteiger partial charge in [-0.25, -0.2) is 9.78 Å². The molecule has 3 aliphatic rings. The Hall–Kier alpha value is -3.39. The van der Waals surface area contributed by atoms with Crippen LogP contribution in [0.1, 0.15) is 52.9 Å². The lowest BCUT2D eigenvalue weighted by Gasteiger charge is -2.30. The second-order valence-corrected chi connectivity index (χ2v) is 10.5. The number of pyridine rings is 1. The number of nitrogens with one attached hydrogen (secondary N) is 1. The minimum Gasteiger partial charge on any atom is -0.478 e. The molecule has 8 heteroatoms. The average molecular weight is 475 g/mol. The summed E-state index contributed by atoms with van der Waals surface area (Å²) in [5, 5.41) is 23.8. The molecule has 0 spiro atoms. The largest absolute Gasteiger partial charge is 0.478 e. The molecule has 3 heterocycles. The Balaban J connectivity index is 1.46. The van der Waals surface area contributed by atoms with Gasteiger partial charge in [-0.15, -0.1) is 0 Å². The molecule has 2 aromatic heterocycles. The van der Waals surface area contributed by atoms with E-state index in [0.717, 1.165) is 30.5 Å². The summed E-state index contributed by atoms with van der Waals surface area (Å²) in [6.07, 6.45) is 3.55. The number of hydrogen-bond donors (Lipinski definition) is 3. The van der Waals surface area contributed by atoms with E-state index in [9.17, 15) is 19.8 Å². The van der Waals surface area contributed by atoms with Gasteiger partial charge in [0.15, 0.2) is 0 Å². The normalized spacial score (nSPS) is 27.5. The number of carboxylic acid groups (broad SMARTS) is 1. The van der Waals surface area contributed by atoms with Crippen LogP contribution in [0.4, 0.5) is 11.5 Å². The number of benzene rings is 1. The second-order valence-electron chi connectivity index (χ2n) is 10.5. The van der Waals surface area contributed by atoms with Crippen LogP contribution in [0.2, 0.25) is 0 Å². The zero-order chi connectivity index (χ0) is 24.6. The third kappa shape index (κ3) is 3.26. The monoisotopic (exact) mass is 474 g/mol. The molecule has 6 atom stereocenters. The summed E-state index contributed by atoms with van der Waals surface area (Å²) in [7, 11) is 0. The van der Waals surface area contributed by atoms with Gasteiger partial charge in [0.25, 0.3) is 5.56 Å². The van der Waals surface area contributed by atoms with E-state index in [4.69, 9.17) is 4.98 Å². The summed E-state index contributed by atoms with van der Waals surface area (Å²) in [5.74, 6) is 1.05. The lowest BCUT2D eigenvalue weighted by atomic mass is 9.88. The summed E-state index contributed by atoms with van der Waals surface area (Å²) in [4.78, 5) is 32.5. The molecule has 1 saturated heterocycles. The van der Waals surface area contributed by atoms with Crippen LogP contribution in [0, 0.1) is 31.6 Å². The molecule has 2 aliphatic carbocycles. The number of hydrogen-bond acceptors (Lipinski definition) is 6. The maximum Gasteiger partial charge on any atom is 0.337 e. The maximum atomic E-state index is 13.5. The maximum absolute atomic E-state index is 13.5. The lowest BCUT2D eigenvalue weighted by Crippen LogP contribution is -2.42. The van der Waals surface area contributed by atoms with Crippen LogP contribution in [-0.2, 0) is 0 Å². The van der Waals surface area contributed by atoms with E-state index in [-0.39, 0.29) is 29.3 Å². The quantitative estimate of drug-likeness (QED) is 0.520.